The van der Waals surface area contributed by atoms with Crippen LogP contribution in [0.3, 0.4) is 0 Å². The third kappa shape index (κ3) is 3.06. The second-order valence-electron chi connectivity index (χ2n) is 5.59. The average Bonchev–Trinajstić information content (AvgIpc) is 2.82. The fourth-order valence-corrected chi connectivity index (χ4v) is 4.74. The van der Waals surface area contributed by atoms with Gasteiger partial charge in [0.05, 0.1) is 16.7 Å². The summed E-state index contributed by atoms with van der Waals surface area (Å²) in [6.07, 6.45) is 0. The fraction of sp³-hybridized carbons (Fsp3) is 0.500. The summed E-state index contributed by atoms with van der Waals surface area (Å²) in [5.41, 5.74) is 0.286. The highest BCUT2D eigenvalue weighted by Crippen LogP contribution is 2.30. The van der Waals surface area contributed by atoms with Gasteiger partial charge in [-0.3, -0.25) is 0 Å². The quantitative estimate of drug-likeness (QED) is 0.849. The summed E-state index contributed by atoms with van der Waals surface area (Å²) in [5, 5.41) is 9.08. The van der Waals surface area contributed by atoms with Gasteiger partial charge in [0.1, 0.15) is 4.90 Å². The number of nitrogens with zero attached hydrogens (tertiary/aromatic N) is 3. The summed E-state index contributed by atoms with van der Waals surface area (Å²) in [6, 6.07) is 6.43. The van der Waals surface area contributed by atoms with Crippen molar-refractivity contribution in [3.8, 4) is 6.07 Å². The Balaban J connectivity index is 2.38. The molecule has 0 spiro atoms. The number of benzene rings is 1. The summed E-state index contributed by atoms with van der Waals surface area (Å²) in [6.45, 7) is 2.93. The number of likely N-dealkylation sites (N-methyl/N-ethyl adjacent to an activating group) is 1. The van der Waals surface area contributed by atoms with Crippen molar-refractivity contribution in [2.75, 3.05) is 27.2 Å². The van der Waals surface area contributed by atoms with Gasteiger partial charge in [-0.15, -0.1) is 0 Å². The van der Waals surface area contributed by atoms with E-state index in [-0.39, 0.29) is 27.4 Å². The molecule has 0 aromatic heterocycles. The lowest BCUT2D eigenvalue weighted by molar-refractivity contribution is 0.263. The number of rotatable bonds is 3. The minimum Gasteiger partial charge on any atom is -0.305 e. The maximum Gasteiger partial charge on any atom is 0.244 e. The van der Waals surface area contributed by atoms with Gasteiger partial charge >= 0.3 is 0 Å². The van der Waals surface area contributed by atoms with Crippen LogP contribution >= 0.6 is 11.6 Å². The zero-order chi connectivity index (χ0) is 15.8. The Bertz CT molecular complexity index is 682. The average molecular weight is 328 g/mol. The van der Waals surface area contributed by atoms with Crippen LogP contribution in [0, 0.1) is 17.2 Å². The van der Waals surface area contributed by atoms with Crippen molar-refractivity contribution in [3.63, 3.8) is 0 Å². The summed E-state index contributed by atoms with van der Waals surface area (Å²) >= 11 is 6.03. The number of nitriles is 1. The van der Waals surface area contributed by atoms with E-state index in [4.69, 9.17) is 16.9 Å². The molecule has 1 fully saturated rings. The Kier molecular flexibility index (Phi) is 4.59. The molecule has 0 bridgehead atoms. The third-order valence-corrected chi connectivity index (χ3v) is 6.19. The summed E-state index contributed by atoms with van der Waals surface area (Å²) in [4.78, 5) is 2.04. The van der Waals surface area contributed by atoms with Crippen molar-refractivity contribution in [2.24, 2.45) is 5.92 Å². The zero-order valence-electron chi connectivity index (χ0n) is 12.2. The van der Waals surface area contributed by atoms with Crippen LogP contribution in [-0.4, -0.2) is 50.8 Å². The molecule has 2 atom stereocenters. The lowest BCUT2D eigenvalue weighted by atomic mass is 10.1. The van der Waals surface area contributed by atoms with Crippen molar-refractivity contribution in [1.82, 2.24) is 9.21 Å². The van der Waals surface area contributed by atoms with Gasteiger partial charge in [0, 0.05) is 19.1 Å². The van der Waals surface area contributed by atoms with E-state index in [1.165, 1.54) is 22.5 Å². The molecule has 114 valence electrons. The summed E-state index contributed by atoms with van der Waals surface area (Å²) in [7, 11) is 0.212. The topological polar surface area (TPSA) is 64.4 Å². The van der Waals surface area contributed by atoms with Crippen LogP contribution in [0.25, 0.3) is 0 Å². The molecule has 21 heavy (non-hydrogen) atoms. The molecule has 1 saturated heterocycles. The predicted molar refractivity (Wildman–Crippen MR) is 81.6 cm³/mol. The normalized spacial score (nSPS) is 23.4. The molecule has 0 N–H and O–H groups in total. The Morgan fingerprint density at radius 2 is 2.05 bits per heavy atom. The maximum absolute atomic E-state index is 12.8. The Morgan fingerprint density at radius 3 is 2.57 bits per heavy atom. The minimum absolute atomic E-state index is 0.00910. The first-order chi connectivity index (χ1) is 9.77. The molecule has 1 aliphatic rings. The smallest absolute Gasteiger partial charge is 0.244 e. The van der Waals surface area contributed by atoms with Gasteiger partial charge in [-0.05, 0) is 38.2 Å². The predicted octanol–water partition coefficient (Wildman–Crippen LogP) is 1.78. The lowest BCUT2D eigenvalue weighted by Crippen LogP contribution is -2.35. The molecular formula is C14H18ClN3O2S. The van der Waals surface area contributed by atoms with Crippen LogP contribution in [0.5, 0.6) is 0 Å². The van der Waals surface area contributed by atoms with Crippen LogP contribution < -0.4 is 0 Å². The highest BCUT2D eigenvalue weighted by Gasteiger charge is 2.38. The van der Waals surface area contributed by atoms with E-state index in [1.807, 2.05) is 32.0 Å². The standard InChI is InChI=1S/C14H18ClN3O2S/c1-10-8-18(9-13(10)17(2)3)21(19,20)14-6-11(7-16)4-5-12(14)15/h4-6,10,13H,8-9H2,1-3H3. The molecule has 1 aromatic carbocycles. The van der Waals surface area contributed by atoms with Crippen LogP contribution in [-0.2, 0) is 10.0 Å². The number of halogens is 1. The highest BCUT2D eigenvalue weighted by atomic mass is 35.5. The first kappa shape index (κ1) is 16.2. The van der Waals surface area contributed by atoms with Gasteiger partial charge in [-0.1, -0.05) is 18.5 Å². The van der Waals surface area contributed by atoms with Gasteiger partial charge in [0.2, 0.25) is 10.0 Å². The molecule has 0 aliphatic carbocycles. The molecule has 2 rings (SSSR count). The monoisotopic (exact) mass is 327 g/mol. The molecule has 1 aliphatic heterocycles. The third-order valence-electron chi connectivity index (χ3n) is 3.88. The number of sulfonamides is 1. The fourth-order valence-electron chi connectivity index (χ4n) is 2.68. The Hall–Kier alpha value is -1.13. The van der Waals surface area contributed by atoms with E-state index in [2.05, 4.69) is 0 Å². The molecule has 2 unspecified atom stereocenters. The molecule has 1 heterocycles. The van der Waals surface area contributed by atoms with Crippen LogP contribution in [0.15, 0.2) is 23.1 Å². The highest BCUT2D eigenvalue weighted by molar-refractivity contribution is 7.89. The molecule has 0 radical (unpaired) electrons. The first-order valence-electron chi connectivity index (χ1n) is 6.63. The largest absolute Gasteiger partial charge is 0.305 e. The zero-order valence-corrected chi connectivity index (χ0v) is 13.8. The minimum atomic E-state index is -3.68. The molecule has 5 nitrogen and oxygen atoms in total. The van der Waals surface area contributed by atoms with Crippen molar-refractivity contribution in [1.29, 1.82) is 5.26 Å². The number of hydrogen-bond acceptors (Lipinski definition) is 4. The van der Waals surface area contributed by atoms with Crippen LogP contribution in [0.4, 0.5) is 0 Å². The van der Waals surface area contributed by atoms with Crippen molar-refractivity contribution < 1.29 is 8.42 Å². The van der Waals surface area contributed by atoms with Gasteiger partial charge in [0.15, 0.2) is 0 Å². The van der Waals surface area contributed by atoms with Gasteiger partial charge in [-0.25, -0.2) is 8.42 Å². The second kappa shape index (κ2) is 5.93. The molecular weight excluding hydrogens is 310 g/mol. The molecule has 7 heteroatoms. The van der Waals surface area contributed by atoms with E-state index in [1.54, 1.807) is 0 Å². The van der Waals surface area contributed by atoms with E-state index in [9.17, 15) is 8.42 Å². The van der Waals surface area contributed by atoms with E-state index < -0.39 is 10.0 Å². The second-order valence-corrected chi connectivity index (χ2v) is 7.90. The van der Waals surface area contributed by atoms with Crippen molar-refractivity contribution >= 4 is 21.6 Å². The van der Waals surface area contributed by atoms with Crippen molar-refractivity contribution in [3.05, 3.63) is 28.8 Å². The number of hydrogen-bond donors (Lipinski definition) is 0. The van der Waals surface area contributed by atoms with E-state index in [0.717, 1.165) is 0 Å². The SMILES string of the molecule is CC1CN(S(=O)(=O)c2cc(C#N)ccc2Cl)CC1N(C)C. The summed E-state index contributed by atoms with van der Waals surface area (Å²) in [5.74, 6) is 0.243. The van der Waals surface area contributed by atoms with Gasteiger partial charge in [-0.2, -0.15) is 9.57 Å². The van der Waals surface area contributed by atoms with E-state index >= 15 is 0 Å². The van der Waals surface area contributed by atoms with Gasteiger partial charge < -0.3 is 4.90 Å². The summed E-state index contributed by atoms with van der Waals surface area (Å²) < 4.78 is 27.0. The van der Waals surface area contributed by atoms with Crippen LogP contribution in [0.1, 0.15) is 12.5 Å². The Morgan fingerprint density at radius 1 is 1.38 bits per heavy atom. The van der Waals surface area contributed by atoms with Crippen LogP contribution in [0.2, 0.25) is 5.02 Å². The first-order valence-corrected chi connectivity index (χ1v) is 8.45. The van der Waals surface area contributed by atoms with Crippen molar-refractivity contribution in [2.45, 2.75) is 17.9 Å². The maximum atomic E-state index is 12.8. The van der Waals surface area contributed by atoms with E-state index in [0.29, 0.717) is 13.1 Å². The van der Waals surface area contributed by atoms with Gasteiger partial charge in [0.25, 0.3) is 0 Å². The lowest BCUT2D eigenvalue weighted by Gasteiger charge is -2.22. The molecule has 0 saturated carbocycles. The Labute approximate surface area is 130 Å². The molecule has 1 aromatic rings. The molecule has 0 amide bonds.